The van der Waals surface area contributed by atoms with Gasteiger partial charge in [0.05, 0.1) is 48.5 Å². The molecule has 0 spiro atoms. The fourth-order valence-corrected chi connectivity index (χ4v) is 9.98. The Labute approximate surface area is 455 Å². The summed E-state index contributed by atoms with van der Waals surface area (Å²) >= 11 is 3.18. The van der Waals surface area contributed by atoms with Gasteiger partial charge in [-0.2, -0.15) is 0 Å². The second-order valence-corrected chi connectivity index (χ2v) is 19.6. The van der Waals surface area contributed by atoms with Crippen molar-refractivity contribution in [3.63, 3.8) is 0 Å². The van der Waals surface area contributed by atoms with Crippen molar-refractivity contribution in [1.82, 2.24) is 29.3 Å². The van der Waals surface area contributed by atoms with Crippen molar-refractivity contribution in [3.05, 3.63) is 190 Å². The van der Waals surface area contributed by atoms with E-state index in [2.05, 4.69) is 36.3 Å². The zero-order valence-electron chi connectivity index (χ0n) is 43.4. The van der Waals surface area contributed by atoms with Gasteiger partial charge in [-0.25, -0.2) is 18.7 Å². The number of aliphatic hydroxyl groups is 2. The van der Waals surface area contributed by atoms with Gasteiger partial charge in [-0.05, 0) is 122 Å². The Hall–Kier alpha value is -7.02. The van der Waals surface area contributed by atoms with Crippen LogP contribution in [0.15, 0.2) is 133 Å². The lowest BCUT2D eigenvalue weighted by molar-refractivity contribution is 0.0703. The summed E-state index contributed by atoms with van der Waals surface area (Å²) in [6.45, 7) is 4.52. The van der Waals surface area contributed by atoms with Gasteiger partial charge in [0.1, 0.15) is 48.0 Å². The lowest BCUT2D eigenvalue weighted by Crippen LogP contribution is -2.38. The van der Waals surface area contributed by atoms with Crippen LogP contribution in [-0.2, 0) is 42.4 Å². The van der Waals surface area contributed by atoms with E-state index in [9.17, 15) is 28.6 Å². The van der Waals surface area contributed by atoms with Gasteiger partial charge in [-0.3, -0.25) is 9.59 Å². The van der Waals surface area contributed by atoms with Crippen molar-refractivity contribution in [2.45, 2.75) is 70.5 Å². The Morgan fingerprint density at radius 3 is 1.64 bits per heavy atom. The van der Waals surface area contributed by atoms with Crippen LogP contribution >= 0.6 is 15.9 Å². The molecule has 4 heterocycles. The highest BCUT2D eigenvalue weighted by molar-refractivity contribution is 9.09. The van der Waals surface area contributed by atoms with Crippen LogP contribution in [0.4, 0.5) is 8.78 Å². The molecule has 2 aliphatic rings. The van der Waals surface area contributed by atoms with E-state index in [1.54, 1.807) is 74.9 Å². The van der Waals surface area contributed by atoms with E-state index >= 15 is 0 Å². The number of amides is 2. The molecule has 3 N–H and O–H groups in total. The third-order valence-corrected chi connectivity index (χ3v) is 14.1. The Balaban J connectivity index is 0.000000188. The van der Waals surface area contributed by atoms with Crippen LogP contribution in [0.2, 0.25) is 0 Å². The van der Waals surface area contributed by atoms with Crippen LogP contribution in [0, 0.1) is 11.6 Å². The van der Waals surface area contributed by atoms with Crippen molar-refractivity contribution in [2.75, 3.05) is 58.9 Å². The average Bonchev–Trinajstić information content (AvgIpc) is 4.09. The lowest BCUT2D eigenvalue weighted by atomic mass is 9.95. The summed E-state index contributed by atoms with van der Waals surface area (Å²) in [4.78, 5) is 43.2. The molecule has 2 fully saturated rings. The van der Waals surface area contributed by atoms with Gasteiger partial charge >= 0.3 is 0 Å². The number of carbonyl (C=O) groups is 2. The quantitative estimate of drug-likeness (QED) is 0.0748. The zero-order valence-corrected chi connectivity index (χ0v) is 45.0. The van der Waals surface area contributed by atoms with Crippen LogP contribution in [-0.4, -0.2) is 110 Å². The van der Waals surface area contributed by atoms with Gasteiger partial charge in [0, 0.05) is 86.4 Å². The number of carbonyl (C=O) groups excluding carboxylic acids is 2. The number of H-pyrrole nitrogens is 1. The summed E-state index contributed by atoms with van der Waals surface area (Å²) in [6, 6.07) is 38.7. The number of ether oxygens (including phenoxy) is 4. The normalized spacial score (nSPS) is 14.0. The largest absolute Gasteiger partial charge is 0.489 e. The number of alkyl halides is 1. The molecule has 0 unspecified atom stereocenters. The maximum atomic E-state index is 13.4. The minimum Gasteiger partial charge on any atom is -0.489 e. The molecule has 2 aliphatic heterocycles. The Kier molecular flexibility index (Phi) is 20.3. The first-order valence-corrected chi connectivity index (χ1v) is 27.0. The summed E-state index contributed by atoms with van der Waals surface area (Å²) in [5.41, 5.74) is 7.54. The number of hydrogen-bond donors (Lipinski definition) is 3. The van der Waals surface area contributed by atoms with E-state index in [1.807, 2.05) is 52.3 Å². The second kappa shape index (κ2) is 27.9. The highest BCUT2D eigenvalue weighted by Crippen LogP contribution is 2.33. The monoisotopic (exact) mass is 1110 g/mol. The number of rotatable bonds is 17. The Morgan fingerprint density at radius 1 is 0.623 bits per heavy atom. The number of hydrogen-bond acceptors (Lipinski definition) is 10. The number of aliphatic hydroxyl groups excluding tert-OH is 2. The molecule has 0 bridgehead atoms. The molecular weight excluding hydrogens is 1050 g/mol. The minimum absolute atomic E-state index is 0.0607. The number of nitrogens with zero attached hydrogens (tertiary/aromatic N) is 5. The van der Waals surface area contributed by atoms with E-state index in [0.29, 0.717) is 83.6 Å². The first-order chi connectivity index (χ1) is 37.6. The smallest absolute Gasteiger partial charge is 0.253 e. The number of methoxy groups -OCH3 is 2. The van der Waals surface area contributed by atoms with Crippen LogP contribution in [0.3, 0.4) is 0 Å². The maximum Gasteiger partial charge on any atom is 0.253 e. The first-order valence-electron chi connectivity index (χ1n) is 25.8. The summed E-state index contributed by atoms with van der Waals surface area (Å²) in [5.74, 6) is 2.76. The van der Waals surface area contributed by atoms with Crippen LogP contribution in [0.1, 0.15) is 92.1 Å². The lowest BCUT2D eigenvalue weighted by Gasteiger charge is -2.32. The summed E-state index contributed by atoms with van der Waals surface area (Å²) in [7, 11) is 3.38. The van der Waals surface area contributed by atoms with Crippen molar-refractivity contribution in [2.24, 2.45) is 0 Å². The van der Waals surface area contributed by atoms with E-state index in [-0.39, 0.29) is 55.8 Å². The molecule has 17 heteroatoms. The minimum atomic E-state index is -0.328. The van der Waals surface area contributed by atoms with Gasteiger partial charge in [0.25, 0.3) is 11.8 Å². The molecule has 0 atom stereocenters. The molecule has 2 saturated heterocycles. The molecule has 8 aromatic rings. The second-order valence-electron chi connectivity index (χ2n) is 18.9. The fourth-order valence-electron chi connectivity index (χ4n) is 9.66. The fraction of sp³-hybridized carbons (Fsp3) is 0.333. The van der Waals surface area contributed by atoms with Crippen LogP contribution in [0.25, 0.3) is 22.1 Å². The molecule has 0 radical (unpaired) electrons. The van der Waals surface area contributed by atoms with Gasteiger partial charge in [0.15, 0.2) is 0 Å². The van der Waals surface area contributed by atoms with Gasteiger partial charge in [-0.1, -0.05) is 64.5 Å². The van der Waals surface area contributed by atoms with Crippen LogP contribution in [0.5, 0.6) is 11.5 Å². The van der Waals surface area contributed by atoms with Crippen LogP contribution < -0.4 is 9.47 Å². The summed E-state index contributed by atoms with van der Waals surface area (Å²) in [5, 5.41) is 20.7. The third-order valence-electron chi connectivity index (χ3n) is 13.7. The molecule has 404 valence electrons. The van der Waals surface area contributed by atoms with Crippen molar-refractivity contribution in [1.29, 1.82) is 0 Å². The average molecular weight is 1120 g/mol. The zero-order chi connectivity index (χ0) is 54.1. The standard InChI is InChI=1S/C30H32FN3O4.C27H26FN3O3.C3H7BrO/c1-37-16-15-34-27-8-3-2-7-26(27)32-29(34)22-11-13-33(14-12-22)30(36)23-9-10-28(24(18-23)19-35)38-20-21-5-4-6-25(31)17-21;28-22-5-3-4-18(14-22)17-34-25-9-8-20(15-21(25)16-32)27(33)31-12-10-19(11-13-31)26-29-23-6-1-2-7-24(23)30-26;1-5-3-2-4/h2-10,17-18,22,35H,11-16,19-20H2,1H3;1-9,14-15,19,32H,10-13,16-17H2,(H,29,30);2-3H2,1H3. The molecule has 2 amide bonds. The predicted molar refractivity (Wildman–Crippen MR) is 295 cm³/mol. The van der Waals surface area contributed by atoms with E-state index in [4.69, 9.17) is 24.2 Å². The number of aromatic amines is 1. The van der Waals surface area contributed by atoms with Gasteiger partial charge in [0.2, 0.25) is 0 Å². The number of piperidine rings is 2. The molecule has 0 saturated carbocycles. The number of para-hydroxylation sites is 4. The number of halogens is 3. The van der Waals surface area contributed by atoms with E-state index in [1.165, 1.54) is 24.3 Å². The highest BCUT2D eigenvalue weighted by atomic mass is 79.9. The molecule has 0 aliphatic carbocycles. The maximum absolute atomic E-state index is 13.4. The van der Waals surface area contributed by atoms with Crippen molar-refractivity contribution < 1.29 is 47.5 Å². The third kappa shape index (κ3) is 14.7. The molecule has 77 heavy (non-hydrogen) atoms. The number of aromatic nitrogens is 4. The molecule has 10 rings (SSSR count). The molecule has 2 aromatic heterocycles. The Bertz CT molecular complexity index is 3170. The molecule has 14 nitrogen and oxygen atoms in total. The number of imidazole rings is 2. The highest BCUT2D eigenvalue weighted by Gasteiger charge is 2.30. The van der Waals surface area contributed by atoms with Crippen molar-refractivity contribution >= 4 is 49.8 Å². The Morgan fingerprint density at radius 2 is 1.14 bits per heavy atom. The van der Waals surface area contributed by atoms with E-state index < -0.39 is 0 Å². The summed E-state index contributed by atoms with van der Waals surface area (Å²) in [6.07, 6.45) is 3.33. The van der Waals surface area contributed by atoms with E-state index in [0.717, 1.165) is 77.9 Å². The molecule has 6 aromatic carbocycles. The van der Waals surface area contributed by atoms with Gasteiger partial charge in [-0.15, -0.1) is 0 Å². The van der Waals surface area contributed by atoms with Crippen molar-refractivity contribution in [3.8, 4) is 11.5 Å². The topological polar surface area (TPSA) is 165 Å². The summed E-state index contributed by atoms with van der Waals surface area (Å²) < 4.78 is 50.6. The SMILES string of the molecule is COCCBr.COCCn1c(C2CCN(C(=O)c3ccc(OCc4cccc(F)c4)c(CO)c3)CC2)nc2ccccc21.O=C(c1ccc(OCc2cccc(F)c2)c(CO)c1)N1CCC(c2nc3ccccc3[nH]2)CC1. The first kappa shape index (κ1) is 56.2. The number of benzene rings is 6. The number of likely N-dealkylation sites (tertiary alicyclic amines) is 2. The van der Waals surface area contributed by atoms with Gasteiger partial charge < -0.3 is 48.5 Å². The molecular formula is C60H65BrF2N6O8. The number of nitrogens with one attached hydrogen (secondary N) is 1. The predicted octanol–water partition coefficient (Wildman–Crippen LogP) is 10.7. The number of fused-ring (bicyclic) bond motifs is 2.